The molecule has 2 N–H and O–H groups in total. The number of nitrogens with zero attached hydrogens (tertiary/aromatic N) is 2. The lowest BCUT2D eigenvalue weighted by Gasteiger charge is -2.28. The van der Waals surface area contributed by atoms with Crippen LogP contribution in [0.15, 0.2) is 17.0 Å². The monoisotopic (exact) mass is 358 g/mol. The molecule has 0 atom stereocenters. The summed E-state index contributed by atoms with van der Waals surface area (Å²) < 4.78 is 37.3. The number of hydrogen-bond donors (Lipinski definition) is 2. The van der Waals surface area contributed by atoms with Crippen molar-refractivity contribution in [2.24, 2.45) is 0 Å². The third-order valence-electron chi connectivity index (χ3n) is 4.21. The van der Waals surface area contributed by atoms with Crippen molar-refractivity contribution in [2.75, 3.05) is 52.6 Å². The van der Waals surface area contributed by atoms with Crippen molar-refractivity contribution in [1.82, 2.24) is 9.21 Å². The van der Waals surface area contributed by atoms with Gasteiger partial charge in [-0.1, -0.05) is 0 Å². The minimum atomic E-state index is -3.88. The fourth-order valence-corrected chi connectivity index (χ4v) is 4.44. The molecule has 0 aromatic heterocycles. The normalized spacial score (nSPS) is 21.0. The number of hydrogen-bond acceptors (Lipinski definition) is 7. The molecule has 0 aliphatic carbocycles. The Labute approximate surface area is 141 Å². The third-order valence-corrected chi connectivity index (χ3v) is 6.12. The zero-order chi connectivity index (χ0) is 17.2. The smallest absolute Gasteiger partial charge is 0.247 e. The van der Waals surface area contributed by atoms with E-state index in [0.717, 1.165) is 13.1 Å². The molecule has 0 amide bonds. The Bertz CT molecular complexity index is 681. The van der Waals surface area contributed by atoms with Gasteiger partial charge >= 0.3 is 0 Å². The van der Waals surface area contributed by atoms with Crippen LogP contribution in [0.25, 0.3) is 0 Å². The zero-order valence-electron chi connectivity index (χ0n) is 13.3. The quantitative estimate of drug-likeness (QED) is 0.728. The molecular formula is C15H22N2O6S. The van der Waals surface area contributed by atoms with Crippen molar-refractivity contribution < 1.29 is 28.1 Å². The summed E-state index contributed by atoms with van der Waals surface area (Å²) in [5, 5.41) is 20.0. The van der Waals surface area contributed by atoms with Crippen molar-refractivity contribution in [3.63, 3.8) is 0 Å². The number of aromatic hydroxyl groups is 2. The molecule has 0 bridgehead atoms. The van der Waals surface area contributed by atoms with E-state index in [0.29, 0.717) is 38.5 Å². The second kappa shape index (κ2) is 7.24. The van der Waals surface area contributed by atoms with E-state index in [-0.39, 0.29) is 18.0 Å². The van der Waals surface area contributed by atoms with Crippen molar-refractivity contribution in [3.8, 4) is 11.5 Å². The van der Waals surface area contributed by atoms with Crippen LogP contribution in [0.2, 0.25) is 0 Å². The van der Waals surface area contributed by atoms with Crippen LogP contribution in [-0.4, -0.2) is 80.4 Å². The van der Waals surface area contributed by atoms with E-state index < -0.39 is 21.5 Å². The molecule has 3 rings (SSSR count). The Hall–Kier alpha value is -1.39. The summed E-state index contributed by atoms with van der Waals surface area (Å²) in [6.45, 7) is 4.33. The summed E-state index contributed by atoms with van der Waals surface area (Å²) in [6.07, 6.45) is 0. The highest BCUT2D eigenvalue weighted by Crippen LogP contribution is 2.36. The van der Waals surface area contributed by atoms with Crippen molar-refractivity contribution >= 4 is 10.0 Å². The first-order valence-corrected chi connectivity index (χ1v) is 9.35. The fourth-order valence-electron chi connectivity index (χ4n) is 2.88. The minimum absolute atomic E-state index is 0.232. The Morgan fingerprint density at radius 1 is 0.958 bits per heavy atom. The number of ether oxygens (including phenoxy) is 2. The lowest BCUT2D eigenvalue weighted by molar-refractivity contribution is 0.0341. The summed E-state index contributed by atoms with van der Waals surface area (Å²) in [4.78, 5) is 1.85. The molecule has 2 heterocycles. The Kier molecular flexibility index (Phi) is 5.26. The van der Waals surface area contributed by atoms with Crippen LogP contribution in [0.4, 0.5) is 0 Å². The first kappa shape index (κ1) is 17.4. The predicted molar refractivity (Wildman–Crippen MR) is 85.4 cm³/mol. The second-order valence-corrected chi connectivity index (χ2v) is 7.77. The first-order valence-electron chi connectivity index (χ1n) is 7.91. The molecule has 24 heavy (non-hydrogen) atoms. The van der Waals surface area contributed by atoms with Crippen LogP contribution in [0, 0.1) is 0 Å². The summed E-state index contributed by atoms with van der Waals surface area (Å²) in [7, 11) is -3.88. The van der Waals surface area contributed by atoms with Gasteiger partial charge in [0.25, 0.3) is 0 Å². The van der Waals surface area contributed by atoms with Crippen molar-refractivity contribution in [1.29, 1.82) is 0 Å². The van der Waals surface area contributed by atoms with E-state index in [2.05, 4.69) is 4.90 Å². The summed E-state index contributed by atoms with van der Waals surface area (Å²) in [5.74, 6) is -1.03. The van der Waals surface area contributed by atoms with Gasteiger partial charge in [-0.25, -0.2) is 8.42 Å². The number of rotatable bonds is 4. The van der Waals surface area contributed by atoms with Crippen molar-refractivity contribution in [3.05, 3.63) is 17.7 Å². The summed E-state index contributed by atoms with van der Waals surface area (Å²) in [5.41, 5.74) is 0.638. The van der Waals surface area contributed by atoms with Gasteiger partial charge in [0.15, 0.2) is 11.5 Å². The maximum atomic E-state index is 12.8. The maximum Gasteiger partial charge on any atom is 0.247 e. The average Bonchev–Trinajstić information content (AvgIpc) is 2.59. The van der Waals surface area contributed by atoms with Crippen LogP contribution >= 0.6 is 0 Å². The third kappa shape index (κ3) is 3.65. The lowest BCUT2D eigenvalue weighted by atomic mass is 10.2. The van der Waals surface area contributed by atoms with E-state index in [1.165, 1.54) is 16.4 Å². The van der Waals surface area contributed by atoms with Gasteiger partial charge in [0.1, 0.15) is 4.90 Å². The zero-order valence-corrected chi connectivity index (χ0v) is 14.2. The van der Waals surface area contributed by atoms with Crippen LogP contribution in [0.5, 0.6) is 11.5 Å². The Balaban J connectivity index is 1.88. The van der Waals surface area contributed by atoms with Gasteiger partial charge in [0.05, 0.1) is 26.4 Å². The fraction of sp³-hybridized carbons (Fsp3) is 0.600. The molecule has 2 aliphatic heterocycles. The summed E-state index contributed by atoms with van der Waals surface area (Å²) in [6, 6.07) is 2.85. The molecule has 0 radical (unpaired) electrons. The average molecular weight is 358 g/mol. The van der Waals surface area contributed by atoms with Crippen LogP contribution in [-0.2, 0) is 26.0 Å². The van der Waals surface area contributed by atoms with E-state index in [1.807, 2.05) is 0 Å². The van der Waals surface area contributed by atoms with Gasteiger partial charge in [-0.15, -0.1) is 0 Å². The van der Waals surface area contributed by atoms with Crippen molar-refractivity contribution in [2.45, 2.75) is 11.4 Å². The van der Waals surface area contributed by atoms with E-state index in [1.54, 1.807) is 0 Å². The Morgan fingerprint density at radius 3 is 2.17 bits per heavy atom. The van der Waals surface area contributed by atoms with Crippen LogP contribution < -0.4 is 0 Å². The highest BCUT2D eigenvalue weighted by molar-refractivity contribution is 7.89. The number of phenolic OH excluding ortho intramolecular Hbond substituents is 2. The number of phenols is 2. The molecule has 2 aliphatic rings. The summed E-state index contributed by atoms with van der Waals surface area (Å²) >= 11 is 0. The predicted octanol–water partition coefficient (Wildman–Crippen LogP) is -0.0491. The molecule has 2 fully saturated rings. The highest BCUT2D eigenvalue weighted by atomic mass is 32.2. The first-order chi connectivity index (χ1) is 11.5. The topological polar surface area (TPSA) is 99.5 Å². The van der Waals surface area contributed by atoms with Gasteiger partial charge in [-0.05, 0) is 17.7 Å². The van der Waals surface area contributed by atoms with Crippen LogP contribution in [0.1, 0.15) is 5.56 Å². The molecule has 0 spiro atoms. The highest BCUT2D eigenvalue weighted by Gasteiger charge is 2.30. The molecule has 0 unspecified atom stereocenters. The number of benzene rings is 1. The van der Waals surface area contributed by atoms with Gasteiger partial charge in [-0.2, -0.15) is 4.31 Å². The van der Waals surface area contributed by atoms with Gasteiger partial charge in [0, 0.05) is 32.7 Å². The molecule has 1 aromatic carbocycles. The molecule has 8 nitrogen and oxygen atoms in total. The minimum Gasteiger partial charge on any atom is -0.504 e. The van der Waals surface area contributed by atoms with E-state index in [4.69, 9.17) is 9.47 Å². The van der Waals surface area contributed by atoms with Gasteiger partial charge < -0.3 is 19.7 Å². The van der Waals surface area contributed by atoms with Crippen LogP contribution in [0.3, 0.4) is 0 Å². The maximum absolute atomic E-state index is 12.8. The lowest BCUT2D eigenvalue weighted by Crippen LogP contribution is -2.40. The van der Waals surface area contributed by atoms with Gasteiger partial charge in [0.2, 0.25) is 10.0 Å². The molecule has 9 heteroatoms. The van der Waals surface area contributed by atoms with Gasteiger partial charge in [-0.3, -0.25) is 4.90 Å². The van der Waals surface area contributed by atoms with E-state index in [9.17, 15) is 18.6 Å². The molecule has 134 valence electrons. The largest absolute Gasteiger partial charge is 0.504 e. The molecule has 0 saturated carbocycles. The number of sulfonamides is 1. The SMILES string of the molecule is O=S(=O)(c1cc(CN2CCOCC2)cc(O)c1O)N1CCOCC1. The molecule has 1 aromatic rings. The number of morpholine rings is 2. The Morgan fingerprint density at radius 2 is 1.54 bits per heavy atom. The molecule has 2 saturated heterocycles. The second-order valence-electron chi connectivity index (χ2n) is 5.87. The van der Waals surface area contributed by atoms with E-state index >= 15 is 0 Å². The standard InChI is InChI=1S/C15H22N2O6S/c18-13-9-12(11-16-1-5-22-6-2-16)10-14(15(13)19)24(20,21)17-3-7-23-8-4-17/h9-10,18-19H,1-8,11H2. The molecular weight excluding hydrogens is 336 g/mol.